The maximum atomic E-state index is 11.4. The molecular formula is C11H17NO3S. The number of hydrogen-bond acceptors (Lipinski definition) is 4. The lowest BCUT2D eigenvalue weighted by atomic mass is 10.2. The summed E-state index contributed by atoms with van der Waals surface area (Å²) in [4.78, 5) is 0.321. The quantitative estimate of drug-likeness (QED) is 0.854. The van der Waals surface area contributed by atoms with Gasteiger partial charge in [0.25, 0.3) is 0 Å². The highest BCUT2D eigenvalue weighted by Crippen LogP contribution is 2.21. The Morgan fingerprint density at radius 2 is 2.06 bits per heavy atom. The largest absolute Gasteiger partial charge is 0.385 e. The fraction of sp³-hybridized carbons (Fsp3) is 0.455. The molecule has 0 fully saturated rings. The van der Waals surface area contributed by atoms with Crippen LogP contribution in [-0.4, -0.2) is 28.3 Å². The molecule has 16 heavy (non-hydrogen) atoms. The molecule has 0 aromatic heterocycles. The van der Waals surface area contributed by atoms with Crippen LogP contribution in [0.2, 0.25) is 0 Å². The van der Waals surface area contributed by atoms with Gasteiger partial charge in [-0.25, -0.2) is 8.42 Å². The summed E-state index contributed by atoms with van der Waals surface area (Å²) in [7, 11) is -1.57. The maximum Gasteiger partial charge on any atom is 0.175 e. The third-order valence-electron chi connectivity index (χ3n) is 2.17. The zero-order valence-electron chi connectivity index (χ0n) is 9.78. The van der Waals surface area contributed by atoms with Crippen molar-refractivity contribution in [2.45, 2.75) is 18.4 Å². The Morgan fingerprint density at radius 3 is 2.56 bits per heavy atom. The Hall–Kier alpha value is -1.07. The van der Waals surface area contributed by atoms with E-state index in [2.05, 4.69) is 5.32 Å². The van der Waals surface area contributed by atoms with Gasteiger partial charge in [0, 0.05) is 31.2 Å². The van der Waals surface area contributed by atoms with Crippen LogP contribution in [0.25, 0.3) is 0 Å². The number of benzene rings is 1. The van der Waals surface area contributed by atoms with Crippen molar-refractivity contribution < 1.29 is 13.2 Å². The molecule has 0 heterocycles. The molecule has 0 aliphatic rings. The second-order valence-electron chi connectivity index (χ2n) is 3.55. The molecule has 1 aromatic rings. The SMILES string of the molecule is CCNc1ccc(S(C)(=O)=O)cc1COC. The van der Waals surface area contributed by atoms with Crippen LogP contribution >= 0.6 is 0 Å². The molecular weight excluding hydrogens is 226 g/mol. The van der Waals surface area contributed by atoms with Crippen LogP contribution in [0.3, 0.4) is 0 Å². The third kappa shape index (κ3) is 3.21. The molecule has 0 aliphatic carbocycles. The molecule has 0 saturated heterocycles. The Kier molecular flexibility index (Phi) is 4.32. The van der Waals surface area contributed by atoms with Gasteiger partial charge in [0.1, 0.15) is 0 Å². The van der Waals surface area contributed by atoms with Crippen LogP contribution in [0.15, 0.2) is 23.1 Å². The van der Waals surface area contributed by atoms with Crippen LogP contribution in [-0.2, 0) is 21.2 Å². The number of methoxy groups -OCH3 is 1. The van der Waals surface area contributed by atoms with Crippen molar-refractivity contribution in [1.29, 1.82) is 0 Å². The standard InChI is InChI=1S/C11H17NO3S/c1-4-12-11-6-5-10(16(3,13)14)7-9(11)8-15-2/h5-7,12H,4,8H2,1-3H3. The molecule has 4 nitrogen and oxygen atoms in total. The summed E-state index contributed by atoms with van der Waals surface area (Å²) in [6.07, 6.45) is 1.20. The van der Waals surface area contributed by atoms with E-state index in [0.29, 0.717) is 11.5 Å². The van der Waals surface area contributed by atoms with Crippen LogP contribution in [0, 0.1) is 0 Å². The van der Waals surface area contributed by atoms with E-state index in [9.17, 15) is 8.42 Å². The van der Waals surface area contributed by atoms with E-state index < -0.39 is 9.84 Å². The lowest BCUT2D eigenvalue weighted by Crippen LogP contribution is -2.04. The minimum Gasteiger partial charge on any atom is -0.385 e. The van der Waals surface area contributed by atoms with Crippen molar-refractivity contribution in [3.05, 3.63) is 23.8 Å². The zero-order valence-corrected chi connectivity index (χ0v) is 10.6. The highest BCUT2D eigenvalue weighted by atomic mass is 32.2. The van der Waals surface area contributed by atoms with Crippen molar-refractivity contribution >= 4 is 15.5 Å². The molecule has 0 spiro atoms. The molecule has 0 atom stereocenters. The fourth-order valence-corrected chi connectivity index (χ4v) is 2.11. The fourth-order valence-electron chi connectivity index (χ4n) is 1.44. The minimum absolute atomic E-state index is 0.321. The second-order valence-corrected chi connectivity index (χ2v) is 5.57. The summed E-state index contributed by atoms with van der Waals surface area (Å²) in [5.74, 6) is 0. The Balaban J connectivity index is 3.17. The van der Waals surface area contributed by atoms with Gasteiger partial charge in [-0.1, -0.05) is 0 Å². The molecule has 1 N–H and O–H groups in total. The van der Waals surface area contributed by atoms with Crippen LogP contribution in [0.1, 0.15) is 12.5 Å². The lowest BCUT2D eigenvalue weighted by molar-refractivity contribution is 0.185. The first-order valence-electron chi connectivity index (χ1n) is 5.04. The first kappa shape index (κ1) is 13.0. The molecule has 0 bridgehead atoms. The van der Waals surface area contributed by atoms with Gasteiger partial charge in [0.05, 0.1) is 11.5 Å². The van der Waals surface area contributed by atoms with Gasteiger partial charge in [-0.2, -0.15) is 0 Å². The molecule has 0 aliphatic heterocycles. The molecule has 5 heteroatoms. The average molecular weight is 243 g/mol. The normalized spacial score (nSPS) is 11.4. The van der Waals surface area contributed by atoms with Crippen LogP contribution in [0.5, 0.6) is 0 Å². The van der Waals surface area contributed by atoms with E-state index in [1.165, 1.54) is 6.26 Å². The van der Waals surface area contributed by atoms with Gasteiger partial charge < -0.3 is 10.1 Å². The minimum atomic E-state index is -3.16. The van der Waals surface area contributed by atoms with Gasteiger partial charge in [-0.15, -0.1) is 0 Å². The van der Waals surface area contributed by atoms with Gasteiger partial charge in [-0.3, -0.25) is 0 Å². The average Bonchev–Trinajstić information content (AvgIpc) is 2.19. The van der Waals surface area contributed by atoms with Crippen molar-refractivity contribution in [3.8, 4) is 0 Å². The first-order valence-corrected chi connectivity index (χ1v) is 6.94. The summed E-state index contributed by atoms with van der Waals surface area (Å²) in [5, 5.41) is 3.16. The summed E-state index contributed by atoms with van der Waals surface area (Å²) >= 11 is 0. The van der Waals surface area contributed by atoms with Crippen molar-refractivity contribution in [2.24, 2.45) is 0 Å². The number of hydrogen-bond donors (Lipinski definition) is 1. The number of anilines is 1. The Bertz CT molecular complexity index is 454. The van der Waals surface area contributed by atoms with Crippen molar-refractivity contribution in [3.63, 3.8) is 0 Å². The van der Waals surface area contributed by atoms with E-state index in [1.54, 1.807) is 25.3 Å². The molecule has 1 rings (SSSR count). The van der Waals surface area contributed by atoms with Gasteiger partial charge in [0.2, 0.25) is 0 Å². The highest BCUT2D eigenvalue weighted by molar-refractivity contribution is 7.90. The van der Waals surface area contributed by atoms with Crippen molar-refractivity contribution in [1.82, 2.24) is 0 Å². The molecule has 90 valence electrons. The smallest absolute Gasteiger partial charge is 0.175 e. The van der Waals surface area contributed by atoms with Gasteiger partial charge >= 0.3 is 0 Å². The van der Waals surface area contributed by atoms with Gasteiger partial charge in [0.15, 0.2) is 9.84 Å². The topological polar surface area (TPSA) is 55.4 Å². The summed E-state index contributed by atoms with van der Waals surface area (Å²) in [6.45, 7) is 3.17. The highest BCUT2D eigenvalue weighted by Gasteiger charge is 2.10. The number of sulfone groups is 1. The zero-order chi connectivity index (χ0) is 12.2. The van der Waals surface area contributed by atoms with Crippen LogP contribution < -0.4 is 5.32 Å². The van der Waals surface area contributed by atoms with E-state index >= 15 is 0 Å². The third-order valence-corrected chi connectivity index (χ3v) is 3.28. The second kappa shape index (κ2) is 5.32. The lowest BCUT2D eigenvalue weighted by Gasteiger charge is -2.11. The van der Waals surface area contributed by atoms with Gasteiger partial charge in [-0.05, 0) is 25.1 Å². The molecule has 1 aromatic carbocycles. The summed E-state index contributed by atoms with van der Waals surface area (Å²) in [6, 6.07) is 5.03. The van der Waals surface area contributed by atoms with E-state index in [4.69, 9.17) is 4.74 Å². The first-order chi connectivity index (χ1) is 7.49. The van der Waals surface area contributed by atoms with E-state index in [0.717, 1.165) is 17.8 Å². The molecule has 0 radical (unpaired) electrons. The Labute approximate surface area is 96.5 Å². The maximum absolute atomic E-state index is 11.4. The molecule has 0 saturated carbocycles. The summed E-state index contributed by atoms with van der Waals surface area (Å²) in [5.41, 5.74) is 1.77. The van der Waals surface area contributed by atoms with E-state index in [1.807, 2.05) is 6.92 Å². The summed E-state index contributed by atoms with van der Waals surface area (Å²) < 4.78 is 27.8. The molecule has 0 amide bonds. The van der Waals surface area contributed by atoms with Crippen LogP contribution in [0.4, 0.5) is 5.69 Å². The van der Waals surface area contributed by atoms with E-state index in [-0.39, 0.29) is 0 Å². The number of nitrogens with one attached hydrogen (secondary N) is 1. The number of rotatable bonds is 5. The monoisotopic (exact) mass is 243 g/mol. The predicted octanol–water partition coefficient (Wildman–Crippen LogP) is 1.67. The predicted molar refractivity (Wildman–Crippen MR) is 64.4 cm³/mol. The number of ether oxygens (including phenoxy) is 1. The molecule has 0 unspecified atom stereocenters. The Morgan fingerprint density at radius 1 is 1.38 bits per heavy atom. The van der Waals surface area contributed by atoms with Crippen molar-refractivity contribution in [2.75, 3.05) is 25.2 Å².